The van der Waals surface area contributed by atoms with E-state index in [2.05, 4.69) is 37.8 Å². The molecule has 1 atom stereocenters. The summed E-state index contributed by atoms with van der Waals surface area (Å²) in [4.78, 5) is 12.4. The largest absolute Gasteiger partial charge is 0.493 e. The number of carbonyl (C=O) groups is 1. The number of benzene rings is 1. The van der Waals surface area contributed by atoms with Gasteiger partial charge in [0.1, 0.15) is 12.6 Å². The minimum atomic E-state index is -3.48. The highest BCUT2D eigenvalue weighted by atomic mass is 79.9. The van der Waals surface area contributed by atoms with Crippen LogP contribution in [0.5, 0.6) is 11.5 Å². The number of ether oxygens (including phenoxy) is 2. The zero-order valence-corrected chi connectivity index (χ0v) is 20.2. The van der Waals surface area contributed by atoms with Crippen molar-refractivity contribution in [3.8, 4) is 23.3 Å². The highest BCUT2D eigenvalue weighted by molar-refractivity contribution is 9.10. The number of hydrogen-bond donors (Lipinski definition) is 2. The Bertz CT molecular complexity index is 917. The smallest absolute Gasteiger partial charge is 0.238 e. The van der Waals surface area contributed by atoms with Crippen molar-refractivity contribution < 1.29 is 22.7 Å². The molecule has 30 heavy (non-hydrogen) atoms. The monoisotopic (exact) mass is 500 g/mol. The van der Waals surface area contributed by atoms with Gasteiger partial charge in [0.25, 0.3) is 0 Å². The molecule has 166 valence electrons. The Kier molecular flexibility index (Phi) is 9.01. The Morgan fingerprint density at radius 1 is 1.33 bits per heavy atom. The maximum absolute atomic E-state index is 12.4. The Morgan fingerprint density at radius 3 is 2.60 bits per heavy atom. The van der Waals surface area contributed by atoms with Gasteiger partial charge in [-0.25, -0.2) is 13.1 Å². The van der Waals surface area contributed by atoms with Gasteiger partial charge in [0, 0.05) is 12.5 Å². The van der Waals surface area contributed by atoms with E-state index in [4.69, 9.17) is 9.47 Å². The van der Waals surface area contributed by atoms with Crippen LogP contribution in [-0.4, -0.2) is 46.9 Å². The van der Waals surface area contributed by atoms with Gasteiger partial charge in [0.05, 0.1) is 17.8 Å². The van der Waals surface area contributed by atoms with Gasteiger partial charge in [0.15, 0.2) is 11.5 Å². The van der Waals surface area contributed by atoms with Crippen LogP contribution in [0.15, 0.2) is 16.6 Å². The van der Waals surface area contributed by atoms with Crippen LogP contribution in [0.25, 0.3) is 0 Å². The SMILES string of the molecule is COc1cc(CCNC(=O)C(NS(C)(=O)=O)C(C)C)cc(Br)c1OCC#CC1CC1. The van der Waals surface area contributed by atoms with Gasteiger partial charge in [-0.15, -0.1) is 0 Å². The molecule has 2 N–H and O–H groups in total. The third kappa shape index (κ3) is 8.17. The van der Waals surface area contributed by atoms with E-state index >= 15 is 0 Å². The second-order valence-electron chi connectivity index (χ2n) is 7.65. The standard InChI is InChI=1S/C21H29BrN2O5S/c1-14(2)19(24-30(4,26)27)21(25)23-10-9-16-12-17(22)20(18(13-16)28-3)29-11-5-6-15-7-8-15/h12-15,19,24H,7-11H2,1-4H3,(H,23,25). The van der Waals surface area contributed by atoms with Crippen molar-refractivity contribution in [3.63, 3.8) is 0 Å². The van der Waals surface area contributed by atoms with E-state index in [1.165, 1.54) is 12.8 Å². The average Bonchev–Trinajstić information content (AvgIpc) is 3.47. The highest BCUT2D eigenvalue weighted by Crippen LogP contribution is 2.36. The molecule has 1 amide bonds. The van der Waals surface area contributed by atoms with Crippen LogP contribution in [0.1, 0.15) is 32.3 Å². The van der Waals surface area contributed by atoms with E-state index in [1.807, 2.05) is 12.1 Å². The molecule has 0 radical (unpaired) electrons. The lowest BCUT2D eigenvalue weighted by Crippen LogP contribution is -2.49. The van der Waals surface area contributed by atoms with Crippen LogP contribution in [0.3, 0.4) is 0 Å². The number of halogens is 1. The summed E-state index contributed by atoms with van der Waals surface area (Å²) in [5.41, 5.74) is 0.938. The van der Waals surface area contributed by atoms with Gasteiger partial charge in [-0.1, -0.05) is 25.7 Å². The fourth-order valence-corrected chi connectivity index (χ4v) is 4.19. The molecular weight excluding hydrogens is 472 g/mol. The van der Waals surface area contributed by atoms with Gasteiger partial charge in [-0.3, -0.25) is 4.79 Å². The third-order valence-electron chi connectivity index (χ3n) is 4.46. The van der Waals surface area contributed by atoms with Crippen molar-refractivity contribution in [1.82, 2.24) is 10.0 Å². The number of rotatable bonds is 10. The van der Waals surface area contributed by atoms with Crippen LogP contribution in [0, 0.1) is 23.7 Å². The molecule has 1 aliphatic carbocycles. The van der Waals surface area contributed by atoms with Gasteiger partial charge in [-0.2, -0.15) is 0 Å². The van der Waals surface area contributed by atoms with E-state index in [0.29, 0.717) is 37.0 Å². The molecule has 0 bridgehead atoms. The van der Waals surface area contributed by atoms with Crippen LogP contribution in [0.4, 0.5) is 0 Å². The van der Waals surface area contributed by atoms with Crippen molar-refractivity contribution in [2.75, 3.05) is 26.5 Å². The maximum Gasteiger partial charge on any atom is 0.238 e. The molecule has 2 rings (SSSR count). The van der Waals surface area contributed by atoms with E-state index in [-0.39, 0.29) is 11.8 Å². The molecule has 0 spiro atoms. The van der Waals surface area contributed by atoms with E-state index in [0.717, 1.165) is 16.3 Å². The van der Waals surface area contributed by atoms with Crippen molar-refractivity contribution in [2.45, 2.75) is 39.2 Å². The first-order valence-electron chi connectivity index (χ1n) is 9.83. The van der Waals surface area contributed by atoms with Crippen LogP contribution in [-0.2, 0) is 21.2 Å². The summed E-state index contributed by atoms with van der Waals surface area (Å²) in [5.74, 6) is 7.35. The molecule has 9 heteroatoms. The number of hydrogen-bond acceptors (Lipinski definition) is 5. The zero-order valence-electron chi connectivity index (χ0n) is 17.7. The van der Waals surface area contributed by atoms with Crippen LogP contribution in [0.2, 0.25) is 0 Å². The summed E-state index contributed by atoms with van der Waals surface area (Å²) in [6, 6.07) is 2.95. The van der Waals surface area contributed by atoms with Crippen molar-refractivity contribution >= 4 is 31.9 Å². The fourth-order valence-electron chi connectivity index (χ4n) is 2.74. The number of amides is 1. The summed E-state index contributed by atoms with van der Waals surface area (Å²) >= 11 is 3.51. The first-order valence-corrected chi connectivity index (χ1v) is 12.5. The molecule has 0 aromatic heterocycles. The lowest BCUT2D eigenvalue weighted by molar-refractivity contribution is -0.123. The predicted molar refractivity (Wildman–Crippen MR) is 120 cm³/mol. The molecule has 1 aromatic carbocycles. The fraction of sp³-hybridized carbons (Fsp3) is 0.571. The first kappa shape index (κ1) is 24.5. The highest BCUT2D eigenvalue weighted by Gasteiger charge is 2.25. The Morgan fingerprint density at radius 2 is 2.03 bits per heavy atom. The Balaban J connectivity index is 1.95. The summed E-state index contributed by atoms with van der Waals surface area (Å²) in [7, 11) is -1.91. The quantitative estimate of drug-likeness (QED) is 0.481. The lowest BCUT2D eigenvalue weighted by atomic mass is 10.0. The molecule has 1 aromatic rings. The van der Waals surface area contributed by atoms with E-state index in [1.54, 1.807) is 21.0 Å². The lowest BCUT2D eigenvalue weighted by Gasteiger charge is -2.20. The van der Waals surface area contributed by atoms with Crippen LogP contribution < -0.4 is 19.5 Å². The molecule has 0 heterocycles. The molecular formula is C21H29BrN2O5S. The molecule has 1 unspecified atom stereocenters. The van der Waals surface area contributed by atoms with E-state index < -0.39 is 16.1 Å². The normalized spacial score (nSPS) is 14.6. The summed E-state index contributed by atoms with van der Waals surface area (Å²) in [6.45, 7) is 4.23. The number of sulfonamides is 1. The molecule has 1 aliphatic rings. The van der Waals surface area contributed by atoms with Crippen molar-refractivity contribution in [3.05, 3.63) is 22.2 Å². The van der Waals surface area contributed by atoms with Crippen LogP contribution >= 0.6 is 15.9 Å². The average molecular weight is 501 g/mol. The predicted octanol–water partition coefficient (Wildman–Crippen LogP) is 2.48. The molecule has 1 saturated carbocycles. The molecule has 0 aliphatic heterocycles. The summed E-state index contributed by atoms with van der Waals surface area (Å²) in [5, 5.41) is 2.79. The van der Waals surface area contributed by atoms with Gasteiger partial charge in [0.2, 0.25) is 15.9 Å². The summed E-state index contributed by atoms with van der Waals surface area (Å²) < 4.78 is 37.3. The molecule has 7 nitrogen and oxygen atoms in total. The van der Waals surface area contributed by atoms with Gasteiger partial charge < -0.3 is 14.8 Å². The topological polar surface area (TPSA) is 93.7 Å². The maximum atomic E-state index is 12.4. The number of carbonyl (C=O) groups excluding carboxylic acids is 1. The first-order chi connectivity index (χ1) is 14.1. The Labute approximate surface area is 187 Å². The number of methoxy groups -OCH3 is 1. The minimum Gasteiger partial charge on any atom is -0.493 e. The second-order valence-corrected chi connectivity index (χ2v) is 10.3. The second kappa shape index (κ2) is 11.0. The third-order valence-corrected chi connectivity index (χ3v) is 5.74. The summed E-state index contributed by atoms with van der Waals surface area (Å²) in [6.07, 6.45) is 3.94. The van der Waals surface area contributed by atoms with Crippen molar-refractivity contribution in [2.24, 2.45) is 11.8 Å². The van der Waals surface area contributed by atoms with Crippen molar-refractivity contribution in [1.29, 1.82) is 0 Å². The van der Waals surface area contributed by atoms with Gasteiger partial charge >= 0.3 is 0 Å². The Hall–Kier alpha value is -1.76. The van der Waals surface area contributed by atoms with E-state index in [9.17, 15) is 13.2 Å². The zero-order chi connectivity index (χ0) is 22.3. The minimum absolute atomic E-state index is 0.173. The number of nitrogens with one attached hydrogen (secondary N) is 2. The van der Waals surface area contributed by atoms with Gasteiger partial charge in [-0.05, 0) is 58.8 Å². The molecule has 0 saturated heterocycles. The molecule has 1 fully saturated rings.